The van der Waals surface area contributed by atoms with Crippen molar-refractivity contribution in [3.63, 3.8) is 0 Å². The second kappa shape index (κ2) is 5.22. The second-order valence-corrected chi connectivity index (χ2v) is 5.00. The highest BCUT2D eigenvalue weighted by atomic mass is 19.1. The van der Waals surface area contributed by atoms with Crippen molar-refractivity contribution in [2.45, 2.75) is 6.92 Å². The summed E-state index contributed by atoms with van der Waals surface area (Å²) in [5, 5.41) is 2.33. The summed E-state index contributed by atoms with van der Waals surface area (Å²) < 4.78 is 28.4. The molecule has 2 aromatic carbocycles. The van der Waals surface area contributed by atoms with Crippen LogP contribution in [0.15, 0.2) is 30.3 Å². The van der Waals surface area contributed by atoms with Crippen LogP contribution in [0.25, 0.3) is 22.4 Å². The first kappa shape index (κ1) is 14.2. The number of hydrogen-bond donors (Lipinski definition) is 2. The molecule has 0 fully saturated rings. The number of fused-ring (bicyclic) bond motifs is 1. The molecule has 0 radical (unpaired) electrons. The van der Waals surface area contributed by atoms with Gasteiger partial charge in [-0.15, -0.1) is 0 Å². The molecule has 0 aliphatic rings. The standard InChI is InChI=1S/C16H13F2N3O/c1-8-3-4-12-13(5-8)21-15(20-12)14-10(17)6-9(7-11(14)18)16(22)19-2/h3-7H,1-2H3,(H,19,22)(H,20,21). The molecule has 4 nitrogen and oxygen atoms in total. The lowest BCUT2D eigenvalue weighted by atomic mass is 10.1. The van der Waals surface area contributed by atoms with Crippen molar-refractivity contribution < 1.29 is 13.6 Å². The molecule has 0 spiro atoms. The maximum atomic E-state index is 14.2. The number of carbonyl (C=O) groups is 1. The Labute approximate surface area is 125 Å². The summed E-state index contributed by atoms with van der Waals surface area (Å²) in [7, 11) is 1.40. The monoisotopic (exact) mass is 301 g/mol. The minimum absolute atomic E-state index is 0.0757. The first-order valence-corrected chi connectivity index (χ1v) is 6.67. The van der Waals surface area contributed by atoms with E-state index in [0.29, 0.717) is 11.0 Å². The van der Waals surface area contributed by atoms with Gasteiger partial charge in [0.25, 0.3) is 5.91 Å². The molecule has 0 saturated carbocycles. The summed E-state index contributed by atoms with van der Waals surface area (Å²) in [6.45, 7) is 1.92. The van der Waals surface area contributed by atoms with Crippen LogP contribution in [0.1, 0.15) is 15.9 Å². The smallest absolute Gasteiger partial charge is 0.251 e. The number of H-pyrrole nitrogens is 1. The van der Waals surface area contributed by atoms with Crippen LogP contribution in [0.2, 0.25) is 0 Å². The van der Waals surface area contributed by atoms with Crippen LogP contribution in [-0.4, -0.2) is 22.9 Å². The largest absolute Gasteiger partial charge is 0.355 e. The fourth-order valence-electron chi connectivity index (χ4n) is 2.32. The van der Waals surface area contributed by atoms with Gasteiger partial charge in [0.1, 0.15) is 17.5 Å². The van der Waals surface area contributed by atoms with Gasteiger partial charge in [0, 0.05) is 12.6 Å². The minimum Gasteiger partial charge on any atom is -0.355 e. The average molecular weight is 301 g/mol. The number of rotatable bonds is 2. The lowest BCUT2D eigenvalue weighted by Crippen LogP contribution is -2.18. The van der Waals surface area contributed by atoms with Gasteiger partial charge >= 0.3 is 0 Å². The Morgan fingerprint density at radius 1 is 1.18 bits per heavy atom. The summed E-state index contributed by atoms with van der Waals surface area (Å²) in [6, 6.07) is 7.49. The highest BCUT2D eigenvalue weighted by Crippen LogP contribution is 2.27. The van der Waals surface area contributed by atoms with Crippen molar-refractivity contribution in [2.75, 3.05) is 7.05 Å². The second-order valence-electron chi connectivity index (χ2n) is 5.00. The van der Waals surface area contributed by atoms with Crippen LogP contribution in [0, 0.1) is 18.6 Å². The van der Waals surface area contributed by atoms with E-state index in [4.69, 9.17) is 0 Å². The predicted molar refractivity (Wildman–Crippen MR) is 79.6 cm³/mol. The number of nitrogens with zero attached hydrogens (tertiary/aromatic N) is 1. The summed E-state index contributed by atoms with van der Waals surface area (Å²) in [4.78, 5) is 18.6. The van der Waals surface area contributed by atoms with Gasteiger partial charge in [0.05, 0.1) is 16.6 Å². The Morgan fingerprint density at radius 2 is 1.86 bits per heavy atom. The molecule has 1 aromatic heterocycles. The zero-order valence-electron chi connectivity index (χ0n) is 12.0. The number of benzene rings is 2. The number of imidazole rings is 1. The van der Waals surface area contributed by atoms with Crippen molar-refractivity contribution >= 4 is 16.9 Å². The summed E-state index contributed by atoms with van der Waals surface area (Å²) in [5.41, 5.74) is 1.98. The Hall–Kier alpha value is -2.76. The van der Waals surface area contributed by atoms with Crippen molar-refractivity contribution in [2.24, 2.45) is 0 Å². The minimum atomic E-state index is -0.839. The zero-order valence-corrected chi connectivity index (χ0v) is 12.0. The van der Waals surface area contributed by atoms with E-state index in [1.54, 1.807) is 6.07 Å². The molecule has 0 aliphatic heterocycles. The van der Waals surface area contributed by atoms with Crippen LogP contribution < -0.4 is 5.32 Å². The van der Waals surface area contributed by atoms with E-state index in [1.165, 1.54) is 7.05 Å². The van der Waals surface area contributed by atoms with E-state index in [-0.39, 0.29) is 17.0 Å². The molecule has 3 rings (SSSR count). The van der Waals surface area contributed by atoms with Crippen LogP contribution in [0.3, 0.4) is 0 Å². The molecule has 0 saturated heterocycles. The number of hydrogen-bond acceptors (Lipinski definition) is 2. The van der Waals surface area contributed by atoms with Crippen molar-refractivity contribution in [3.8, 4) is 11.4 Å². The SMILES string of the molecule is CNC(=O)c1cc(F)c(-c2nc3ccc(C)cc3[nH]2)c(F)c1. The third-order valence-corrected chi connectivity index (χ3v) is 3.41. The Balaban J connectivity index is 2.15. The number of amides is 1. The number of aromatic nitrogens is 2. The number of aryl methyl sites for hydroxylation is 1. The van der Waals surface area contributed by atoms with Crippen LogP contribution in [-0.2, 0) is 0 Å². The van der Waals surface area contributed by atoms with Gasteiger partial charge in [-0.3, -0.25) is 4.79 Å². The topological polar surface area (TPSA) is 57.8 Å². The molecule has 1 heterocycles. The van der Waals surface area contributed by atoms with Gasteiger partial charge in [-0.1, -0.05) is 6.07 Å². The zero-order chi connectivity index (χ0) is 15.9. The summed E-state index contributed by atoms with van der Waals surface area (Å²) >= 11 is 0. The van der Waals surface area contributed by atoms with Crippen LogP contribution in [0.4, 0.5) is 8.78 Å². The summed E-state index contributed by atoms with van der Waals surface area (Å²) in [6.07, 6.45) is 0. The molecule has 0 unspecified atom stereocenters. The normalized spacial score (nSPS) is 10.9. The fraction of sp³-hybridized carbons (Fsp3) is 0.125. The predicted octanol–water partition coefficient (Wildman–Crippen LogP) is 3.18. The molecule has 3 aromatic rings. The number of nitrogens with one attached hydrogen (secondary N) is 2. The maximum Gasteiger partial charge on any atom is 0.251 e. The van der Waals surface area contributed by atoms with Gasteiger partial charge < -0.3 is 10.3 Å². The van der Waals surface area contributed by atoms with E-state index in [1.807, 2.05) is 19.1 Å². The molecule has 22 heavy (non-hydrogen) atoms. The van der Waals surface area contributed by atoms with Gasteiger partial charge in [-0.25, -0.2) is 13.8 Å². The van der Waals surface area contributed by atoms with Crippen molar-refractivity contribution in [1.29, 1.82) is 0 Å². The molecular weight excluding hydrogens is 288 g/mol. The quantitative estimate of drug-likeness (QED) is 0.764. The lowest BCUT2D eigenvalue weighted by Gasteiger charge is -2.05. The van der Waals surface area contributed by atoms with E-state index in [9.17, 15) is 13.6 Å². The van der Waals surface area contributed by atoms with Gasteiger partial charge in [0.2, 0.25) is 0 Å². The van der Waals surface area contributed by atoms with E-state index in [2.05, 4.69) is 15.3 Å². The maximum absolute atomic E-state index is 14.2. The molecule has 112 valence electrons. The van der Waals surface area contributed by atoms with Crippen molar-refractivity contribution in [3.05, 3.63) is 53.1 Å². The molecule has 1 amide bonds. The summed E-state index contributed by atoms with van der Waals surface area (Å²) in [5.74, 6) is -2.13. The fourth-order valence-corrected chi connectivity index (χ4v) is 2.32. The van der Waals surface area contributed by atoms with Crippen molar-refractivity contribution in [1.82, 2.24) is 15.3 Å². The third-order valence-electron chi connectivity index (χ3n) is 3.41. The van der Waals surface area contributed by atoms with Gasteiger partial charge in [-0.2, -0.15) is 0 Å². The van der Waals surface area contributed by atoms with Gasteiger partial charge in [-0.05, 0) is 36.8 Å². The van der Waals surface area contributed by atoms with Gasteiger partial charge in [0.15, 0.2) is 0 Å². The highest BCUT2D eigenvalue weighted by Gasteiger charge is 2.18. The average Bonchev–Trinajstić information content (AvgIpc) is 2.87. The first-order chi connectivity index (χ1) is 10.5. The number of carbonyl (C=O) groups excluding carboxylic acids is 1. The Bertz CT molecular complexity index is 863. The molecule has 6 heteroatoms. The lowest BCUT2D eigenvalue weighted by molar-refractivity contribution is 0.0962. The molecule has 2 N–H and O–H groups in total. The number of aromatic amines is 1. The Morgan fingerprint density at radius 3 is 2.50 bits per heavy atom. The number of halogens is 2. The molecule has 0 bridgehead atoms. The highest BCUT2D eigenvalue weighted by molar-refractivity contribution is 5.94. The van der Waals surface area contributed by atoms with E-state index >= 15 is 0 Å². The Kier molecular flexibility index (Phi) is 3.36. The first-order valence-electron chi connectivity index (χ1n) is 6.67. The molecular formula is C16H13F2N3O. The van der Waals surface area contributed by atoms with E-state index in [0.717, 1.165) is 17.7 Å². The molecule has 0 atom stereocenters. The van der Waals surface area contributed by atoms with Crippen LogP contribution in [0.5, 0.6) is 0 Å². The van der Waals surface area contributed by atoms with Crippen LogP contribution >= 0.6 is 0 Å². The molecule has 0 aliphatic carbocycles. The third kappa shape index (κ3) is 2.32. The van der Waals surface area contributed by atoms with E-state index < -0.39 is 17.5 Å².